The summed E-state index contributed by atoms with van der Waals surface area (Å²) in [5.74, 6) is 1.72. The van der Waals surface area contributed by atoms with E-state index in [1.807, 2.05) is 42.5 Å². The van der Waals surface area contributed by atoms with Crippen molar-refractivity contribution in [2.75, 3.05) is 6.54 Å². The van der Waals surface area contributed by atoms with Crippen molar-refractivity contribution < 1.29 is 9.21 Å². The lowest BCUT2D eigenvalue weighted by Gasteiger charge is -2.29. The number of rotatable bonds is 6. The van der Waals surface area contributed by atoms with E-state index in [9.17, 15) is 4.79 Å². The number of nitrogens with one attached hydrogen (secondary N) is 1. The summed E-state index contributed by atoms with van der Waals surface area (Å²) in [5, 5.41) is 3.90. The average Bonchev–Trinajstić information content (AvgIpc) is 3.36. The van der Waals surface area contributed by atoms with Gasteiger partial charge in [-0.3, -0.25) is 4.79 Å². The van der Waals surface area contributed by atoms with Crippen molar-refractivity contribution in [2.24, 2.45) is 5.92 Å². The monoisotopic (exact) mass is 511 g/mol. The van der Waals surface area contributed by atoms with Crippen LogP contribution in [0.1, 0.15) is 72.9 Å². The number of hydrogen-bond donors (Lipinski definition) is 1. The first-order chi connectivity index (χ1) is 17.9. The van der Waals surface area contributed by atoms with E-state index in [0.717, 1.165) is 41.8 Å². The van der Waals surface area contributed by atoms with Crippen LogP contribution in [-0.2, 0) is 0 Å². The van der Waals surface area contributed by atoms with E-state index in [-0.39, 0.29) is 11.8 Å². The highest BCUT2D eigenvalue weighted by molar-refractivity contribution is 6.30. The summed E-state index contributed by atoms with van der Waals surface area (Å²) in [5.41, 5.74) is 5.70. The van der Waals surface area contributed by atoms with E-state index in [2.05, 4.69) is 41.1 Å². The van der Waals surface area contributed by atoms with Crippen LogP contribution in [-0.4, -0.2) is 17.4 Å². The molecule has 5 rings (SSSR count). The van der Waals surface area contributed by atoms with Crippen LogP contribution in [0.2, 0.25) is 5.02 Å². The van der Waals surface area contributed by atoms with Crippen molar-refractivity contribution in [3.63, 3.8) is 0 Å². The Morgan fingerprint density at radius 3 is 2.43 bits per heavy atom. The molecule has 4 aromatic rings. The quantitative estimate of drug-likeness (QED) is 0.264. The zero-order valence-corrected chi connectivity index (χ0v) is 21.9. The predicted molar refractivity (Wildman–Crippen MR) is 148 cm³/mol. The summed E-state index contributed by atoms with van der Waals surface area (Å²) >= 11 is 6.02. The summed E-state index contributed by atoms with van der Waals surface area (Å²) in [6.45, 7) is 12.2. The molecule has 1 N–H and O–H groups in total. The van der Waals surface area contributed by atoms with Gasteiger partial charge in [0.05, 0.1) is 12.1 Å². The summed E-state index contributed by atoms with van der Waals surface area (Å²) in [6.07, 6.45) is 4.49. The number of benzene rings is 3. The van der Waals surface area contributed by atoms with Crippen molar-refractivity contribution in [1.82, 2.24) is 10.3 Å². The van der Waals surface area contributed by atoms with Gasteiger partial charge in [0, 0.05) is 22.7 Å². The summed E-state index contributed by atoms with van der Waals surface area (Å²) < 4.78 is 6.10. The lowest BCUT2D eigenvalue weighted by molar-refractivity contribution is 0.0943. The number of fused-ring (bicyclic) bond motifs is 1. The molecule has 1 aliphatic rings. The lowest BCUT2D eigenvalue weighted by atomic mass is 9.78. The highest BCUT2D eigenvalue weighted by Crippen LogP contribution is 2.36. The average molecular weight is 512 g/mol. The molecule has 1 heterocycles. The minimum Gasteiger partial charge on any atom is -0.436 e. The van der Waals surface area contributed by atoms with E-state index < -0.39 is 0 Å². The second kappa shape index (κ2) is 10.8. The third-order valence-electron chi connectivity index (χ3n) is 7.39. The Morgan fingerprint density at radius 1 is 1.08 bits per heavy atom. The third-order valence-corrected chi connectivity index (χ3v) is 7.64. The molecule has 1 fully saturated rings. The third kappa shape index (κ3) is 5.55. The van der Waals surface area contributed by atoms with E-state index in [0.29, 0.717) is 46.6 Å². The van der Waals surface area contributed by atoms with E-state index in [4.69, 9.17) is 22.6 Å². The SMILES string of the molecule is [C-]#[N+]c1cc(C(C)C)c2oc(-c3ccc(C(=O)NCC4CCC(c5ccc(Cl)cc5)CC4)cc3)nc2c1. The molecule has 188 valence electrons. The van der Waals surface area contributed by atoms with Gasteiger partial charge in [-0.1, -0.05) is 37.6 Å². The Kier molecular flexibility index (Phi) is 7.30. The molecule has 0 unspecified atom stereocenters. The van der Waals surface area contributed by atoms with Crippen LogP contribution in [0, 0.1) is 12.5 Å². The molecule has 0 bridgehead atoms. The fourth-order valence-corrected chi connectivity index (χ4v) is 5.32. The molecule has 1 amide bonds. The summed E-state index contributed by atoms with van der Waals surface area (Å²) in [6, 6.07) is 19.2. The number of carbonyl (C=O) groups is 1. The van der Waals surface area contributed by atoms with Gasteiger partial charge in [0.1, 0.15) is 0 Å². The summed E-state index contributed by atoms with van der Waals surface area (Å²) in [4.78, 5) is 21.0. The number of nitrogens with zero attached hydrogens (tertiary/aromatic N) is 2. The number of amides is 1. The molecule has 37 heavy (non-hydrogen) atoms. The molecule has 0 radical (unpaired) electrons. The van der Waals surface area contributed by atoms with Gasteiger partial charge in [-0.05, 0) is 103 Å². The fourth-order valence-electron chi connectivity index (χ4n) is 5.20. The zero-order chi connectivity index (χ0) is 25.9. The number of oxazole rings is 1. The standard InChI is InChI=1S/C31H30ClN3O2/c1-19(2)27-16-26(33-3)17-28-29(27)37-31(35-28)24-10-8-23(9-11-24)30(36)34-18-20-4-6-21(7-5-20)22-12-14-25(32)15-13-22/h8-17,19-21H,4-7,18H2,1-2H3,(H,34,36). The first-order valence-electron chi connectivity index (χ1n) is 12.9. The molecule has 5 nitrogen and oxygen atoms in total. The van der Waals surface area contributed by atoms with E-state index >= 15 is 0 Å². The Bertz CT molecular complexity index is 1440. The number of carbonyl (C=O) groups excluding carboxylic acids is 1. The van der Waals surface area contributed by atoms with E-state index in [1.165, 1.54) is 5.56 Å². The van der Waals surface area contributed by atoms with Crippen LogP contribution in [0.5, 0.6) is 0 Å². The van der Waals surface area contributed by atoms with Crippen molar-refractivity contribution in [3.05, 3.63) is 93.8 Å². The first kappa shape index (κ1) is 25.0. The van der Waals surface area contributed by atoms with Crippen molar-refractivity contribution in [1.29, 1.82) is 0 Å². The molecule has 0 spiro atoms. The molecular formula is C31H30ClN3O2. The van der Waals surface area contributed by atoms with Gasteiger partial charge < -0.3 is 9.73 Å². The van der Waals surface area contributed by atoms with Crippen LogP contribution >= 0.6 is 11.6 Å². The molecule has 0 aliphatic heterocycles. The Morgan fingerprint density at radius 2 is 1.78 bits per heavy atom. The Hall–Kier alpha value is -3.62. The maximum atomic E-state index is 12.8. The van der Waals surface area contributed by atoms with Crippen LogP contribution < -0.4 is 5.32 Å². The molecule has 6 heteroatoms. The van der Waals surface area contributed by atoms with Gasteiger partial charge >= 0.3 is 0 Å². The van der Waals surface area contributed by atoms with Crippen molar-refractivity contribution in [2.45, 2.75) is 51.4 Å². The number of halogens is 1. The van der Waals surface area contributed by atoms with Gasteiger partial charge in [0.25, 0.3) is 5.91 Å². The minimum atomic E-state index is -0.0623. The first-order valence-corrected chi connectivity index (χ1v) is 13.2. The minimum absolute atomic E-state index is 0.0623. The lowest BCUT2D eigenvalue weighted by Crippen LogP contribution is -2.31. The second-order valence-corrected chi connectivity index (χ2v) is 10.7. The second-order valence-electron chi connectivity index (χ2n) is 10.2. The fraction of sp³-hybridized carbons (Fsp3) is 0.323. The van der Waals surface area contributed by atoms with Crippen LogP contribution in [0.3, 0.4) is 0 Å². The molecule has 1 aromatic heterocycles. The van der Waals surface area contributed by atoms with Gasteiger partial charge in [0.15, 0.2) is 11.3 Å². The van der Waals surface area contributed by atoms with Gasteiger partial charge in [-0.2, -0.15) is 0 Å². The van der Waals surface area contributed by atoms with Crippen LogP contribution in [0.15, 0.2) is 65.1 Å². The molecule has 3 aromatic carbocycles. The molecule has 1 saturated carbocycles. The summed E-state index contributed by atoms with van der Waals surface area (Å²) in [7, 11) is 0. The maximum absolute atomic E-state index is 12.8. The van der Waals surface area contributed by atoms with Crippen molar-refractivity contribution >= 4 is 34.3 Å². The van der Waals surface area contributed by atoms with Gasteiger partial charge in [-0.25, -0.2) is 9.83 Å². The number of aromatic nitrogens is 1. The Balaban J connectivity index is 1.19. The molecular weight excluding hydrogens is 482 g/mol. The van der Waals surface area contributed by atoms with Gasteiger partial charge in [0.2, 0.25) is 5.89 Å². The topological polar surface area (TPSA) is 59.5 Å². The normalized spacial score (nSPS) is 17.6. The zero-order valence-electron chi connectivity index (χ0n) is 21.1. The molecule has 0 atom stereocenters. The van der Waals surface area contributed by atoms with E-state index in [1.54, 1.807) is 6.07 Å². The molecule has 0 saturated heterocycles. The maximum Gasteiger partial charge on any atom is 0.251 e. The molecule has 1 aliphatic carbocycles. The highest BCUT2D eigenvalue weighted by atomic mass is 35.5. The predicted octanol–water partition coefficient (Wildman–Crippen LogP) is 8.53. The van der Waals surface area contributed by atoms with Gasteiger partial charge in [-0.15, -0.1) is 0 Å². The Labute approximate surface area is 222 Å². The largest absolute Gasteiger partial charge is 0.436 e. The van der Waals surface area contributed by atoms with Crippen LogP contribution in [0.4, 0.5) is 5.69 Å². The van der Waals surface area contributed by atoms with Crippen molar-refractivity contribution in [3.8, 4) is 11.5 Å². The van der Waals surface area contributed by atoms with Crippen LogP contribution in [0.25, 0.3) is 27.4 Å². The smallest absolute Gasteiger partial charge is 0.251 e. The highest BCUT2D eigenvalue weighted by Gasteiger charge is 2.23. The number of hydrogen-bond acceptors (Lipinski definition) is 3.